The van der Waals surface area contributed by atoms with Gasteiger partial charge in [-0.15, -0.1) is 11.3 Å². The third-order valence-corrected chi connectivity index (χ3v) is 5.44. The lowest BCUT2D eigenvalue weighted by molar-refractivity contribution is 0.370. The van der Waals surface area contributed by atoms with Crippen LogP contribution in [0, 0.1) is 18.7 Å². The number of benzene rings is 1. The van der Waals surface area contributed by atoms with Gasteiger partial charge in [0, 0.05) is 17.5 Å². The van der Waals surface area contributed by atoms with Crippen molar-refractivity contribution in [2.24, 2.45) is 5.92 Å². The van der Waals surface area contributed by atoms with Crippen molar-refractivity contribution in [1.82, 2.24) is 5.32 Å². The topological polar surface area (TPSA) is 12.0 Å². The van der Waals surface area contributed by atoms with Crippen LogP contribution >= 0.6 is 11.3 Å². The van der Waals surface area contributed by atoms with Gasteiger partial charge in [-0.2, -0.15) is 0 Å². The predicted octanol–water partition coefficient (Wildman–Crippen LogP) is 5.22. The molecule has 1 heterocycles. The Balaban J connectivity index is 1.71. The summed E-state index contributed by atoms with van der Waals surface area (Å²) in [5.41, 5.74) is 1.74. The van der Waals surface area contributed by atoms with Gasteiger partial charge in [0.05, 0.1) is 0 Å². The van der Waals surface area contributed by atoms with Crippen molar-refractivity contribution in [1.29, 1.82) is 0 Å². The van der Waals surface area contributed by atoms with Crippen LogP contribution in [0.4, 0.5) is 4.39 Å². The molecule has 21 heavy (non-hydrogen) atoms. The first-order chi connectivity index (χ1) is 10.2. The van der Waals surface area contributed by atoms with E-state index in [1.54, 1.807) is 13.0 Å². The van der Waals surface area contributed by atoms with Crippen LogP contribution in [0.5, 0.6) is 0 Å². The van der Waals surface area contributed by atoms with Crippen molar-refractivity contribution in [3.8, 4) is 0 Å². The van der Waals surface area contributed by atoms with E-state index in [1.807, 2.05) is 23.5 Å². The molecular formula is C18H22FNS. The lowest BCUT2D eigenvalue weighted by Gasteiger charge is -2.24. The molecule has 1 fully saturated rings. The third kappa shape index (κ3) is 3.53. The summed E-state index contributed by atoms with van der Waals surface area (Å²) in [4.78, 5) is 1.41. The number of hydrogen-bond acceptors (Lipinski definition) is 2. The zero-order chi connectivity index (χ0) is 14.7. The minimum absolute atomic E-state index is 0.108. The highest BCUT2D eigenvalue weighted by Crippen LogP contribution is 2.37. The van der Waals surface area contributed by atoms with E-state index >= 15 is 0 Å². The molecule has 3 heteroatoms. The number of halogens is 1. The average molecular weight is 303 g/mol. The van der Waals surface area contributed by atoms with Gasteiger partial charge < -0.3 is 5.32 Å². The van der Waals surface area contributed by atoms with Gasteiger partial charge in [0.2, 0.25) is 0 Å². The molecule has 1 aromatic heterocycles. The molecule has 0 radical (unpaired) electrons. The Labute approximate surface area is 130 Å². The lowest BCUT2D eigenvalue weighted by atomic mass is 9.96. The number of hydrogen-bond donors (Lipinski definition) is 1. The van der Waals surface area contributed by atoms with Crippen LogP contribution in [0.3, 0.4) is 0 Å². The molecule has 1 aromatic carbocycles. The van der Waals surface area contributed by atoms with Crippen LogP contribution in [0.1, 0.15) is 47.7 Å². The second kappa shape index (κ2) is 6.71. The molecule has 2 aromatic rings. The molecular weight excluding hydrogens is 281 g/mol. The van der Waals surface area contributed by atoms with E-state index in [2.05, 4.69) is 22.8 Å². The Kier molecular flexibility index (Phi) is 4.71. The van der Waals surface area contributed by atoms with E-state index in [4.69, 9.17) is 0 Å². The van der Waals surface area contributed by atoms with Crippen LogP contribution in [0.25, 0.3) is 0 Å². The molecule has 1 aliphatic carbocycles. The highest BCUT2D eigenvalue weighted by molar-refractivity contribution is 7.10. The Bertz CT molecular complexity index is 573. The number of thiophene rings is 1. The molecule has 1 unspecified atom stereocenters. The number of aryl methyl sites for hydroxylation is 1. The fraction of sp³-hybridized carbons (Fsp3) is 0.444. The molecule has 0 saturated heterocycles. The average Bonchev–Trinajstić information content (AvgIpc) is 3.16. The molecule has 1 aliphatic rings. The highest BCUT2D eigenvalue weighted by Gasteiger charge is 2.26. The summed E-state index contributed by atoms with van der Waals surface area (Å²) in [6.45, 7) is 2.54. The smallest absolute Gasteiger partial charge is 0.126 e. The molecule has 3 rings (SSSR count). The molecule has 1 atom stereocenters. The minimum Gasteiger partial charge on any atom is -0.305 e. The second-order valence-corrected chi connectivity index (χ2v) is 6.98. The van der Waals surface area contributed by atoms with E-state index in [0.717, 1.165) is 18.0 Å². The maximum absolute atomic E-state index is 13.7. The van der Waals surface area contributed by atoms with Gasteiger partial charge in [-0.05, 0) is 54.3 Å². The van der Waals surface area contributed by atoms with E-state index < -0.39 is 0 Å². The highest BCUT2D eigenvalue weighted by atomic mass is 32.1. The van der Waals surface area contributed by atoms with Gasteiger partial charge in [-0.3, -0.25) is 0 Å². The molecule has 0 aliphatic heterocycles. The van der Waals surface area contributed by atoms with Gasteiger partial charge in [0.25, 0.3) is 0 Å². The predicted molar refractivity (Wildman–Crippen MR) is 87.0 cm³/mol. The first-order valence-electron chi connectivity index (χ1n) is 7.76. The SMILES string of the molecule is Cc1ccc(CNC(c2cccs2)C2CCCC2)cc1F. The Morgan fingerprint density at radius 3 is 2.76 bits per heavy atom. The summed E-state index contributed by atoms with van der Waals surface area (Å²) in [7, 11) is 0. The van der Waals surface area contributed by atoms with E-state index in [1.165, 1.54) is 30.6 Å². The maximum Gasteiger partial charge on any atom is 0.126 e. The van der Waals surface area contributed by atoms with E-state index in [9.17, 15) is 4.39 Å². The van der Waals surface area contributed by atoms with Crippen molar-refractivity contribution in [2.75, 3.05) is 0 Å². The maximum atomic E-state index is 13.7. The molecule has 0 bridgehead atoms. The Morgan fingerprint density at radius 2 is 2.10 bits per heavy atom. The van der Waals surface area contributed by atoms with Crippen molar-refractivity contribution >= 4 is 11.3 Å². The molecule has 1 saturated carbocycles. The summed E-state index contributed by atoms with van der Waals surface area (Å²) in [6.07, 6.45) is 5.29. The molecule has 0 amide bonds. The van der Waals surface area contributed by atoms with Crippen molar-refractivity contribution in [3.05, 3.63) is 57.5 Å². The summed E-state index contributed by atoms with van der Waals surface area (Å²) in [5.74, 6) is 0.613. The van der Waals surface area contributed by atoms with Crippen LogP contribution in [0.2, 0.25) is 0 Å². The van der Waals surface area contributed by atoms with Gasteiger partial charge in [0.15, 0.2) is 0 Å². The quantitative estimate of drug-likeness (QED) is 0.799. The fourth-order valence-electron chi connectivity index (χ4n) is 3.23. The van der Waals surface area contributed by atoms with Crippen molar-refractivity contribution in [2.45, 2.75) is 45.2 Å². The second-order valence-electron chi connectivity index (χ2n) is 6.00. The van der Waals surface area contributed by atoms with Crippen LogP contribution in [-0.4, -0.2) is 0 Å². The van der Waals surface area contributed by atoms with E-state index in [-0.39, 0.29) is 5.82 Å². The van der Waals surface area contributed by atoms with Gasteiger partial charge in [-0.1, -0.05) is 31.0 Å². The van der Waals surface area contributed by atoms with Gasteiger partial charge >= 0.3 is 0 Å². The minimum atomic E-state index is -0.108. The number of nitrogens with one attached hydrogen (secondary N) is 1. The largest absolute Gasteiger partial charge is 0.305 e. The van der Waals surface area contributed by atoms with Crippen LogP contribution in [0.15, 0.2) is 35.7 Å². The van der Waals surface area contributed by atoms with E-state index in [0.29, 0.717) is 11.6 Å². The third-order valence-electron chi connectivity index (χ3n) is 4.48. The van der Waals surface area contributed by atoms with Crippen molar-refractivity contribution in [3.63, 3.8) is 0 Å². The summed E-state index contributed by atoms with van der Waals surface area (Å²) in [5, 5.41) is 5.81. The zero-order valence-corrected chi connectivity index (χ0v) is 13.3. The van der Waals surface area contributed by atoms with Crippen LogP contribution < -0.4 is 5.32 Å². The fourth-order valence-corrected chi connectivity index (χ4v) is 4.13. The molecule has 1 N–H and O–H groups in total. The Hall–Kier alpha value is -1.19. The van der Waals surface area contributed by atoms with Gasteiger partial charge in [0.1, 0.15) is 5.82 Å². The first-order valence-corrected chi connectivity index (χ1v) is 8.64. The van der Waals surface area contributed by atoms with Crippen molar-refractivity contribution < 1.29 is 4.39 Å². The summed E-state index contributed by atoms with van der Waals surface area (Å²) < 4.78 is 13.7. The first kappa shape index (κ1) is 14.7. The summed E-state index contributed by atoms with van der Waals surface area (Å²) in [6, 6.07) is 10.3. The van der Waals surface area contributed by atoms with Gasteiger partial charge in [-0.25, -0.2) is 4.39 Å². The monoisotopic (exact) mass is 303 g/mol. The zero-order valence-electron chi connectivity index (χ0n) is 12.4. The standard InChI is InChI=1S/C18H22FNS/c1-13-8-9-14(11-16(13)19)12-20-18(15-5-2-3-6-15)17-7-4-10-21-17/h4,7-11,15,18,20H,2-3,5-6,12H2,1H3. The van der Waals surface area contributed by atoms with Crippen LogP contribution in [-0.2, 0) is 6.54 Å². The lowest BCUT2D eigenvalue weighted by Crippen LogP contribution is -2.26. The Morgan fingerprint density at radius 1 is 1.29 bits per heavy atom. The number of rotatable bonds is 5. The molecule has 0 spiro atoms. The molecule has 112 valence electrons. The molecule has 1 nitrogen and oxygen atoms in total. The normalized spacial score (nSPS) is 17.2. The summed E-state index contributed by atoms with van der Waals surface area (Å²) >= 11 is 1.82.